The number of hydrogen-bond acceptors (Lipinski definition) is 3. The second kappa shape index (κ2) is 4.84. The van der Waals surface area contributed by atoms with Gasteiger partial charge in [0.25, 0.3) is 0 Å². The molecular formula is C10H16N2O. The van der Waals surface area contributed by atoms with Crippen molar-refractivity contribution in [3.63, 3.8) is 0 Å². The van der Waals surface area contributed by atoms with Gasteiger partial charge in [0.15, 0.2) is 0 Å². The first-order valence-electron chi connectivity index (χ1n) is 4.43. The lowest BCUT2D eigenvalue weighted by atomic mass is 10.1. The standard InChI is InChI=1S/C10H16N2O/c1-12-5-4-8-2-3-10(13)9(6-8)7-11/h2-3,6,12-13H,4-5,7,11H2,1H3. The van der Waals surface area contributed by atoms with E-state index in [9.17, 15) is 5.11 Å². The Hall–Kier alpha value is -1.06. The zero-order chi connectivity index (χ0) is 9.68. The number of nitrogens with one attached hydrogen (secondary N) is 1. The van der Waals surface area contributed by atoms with Gasteiger partial charge in [-0.25, -0.2) is 0 Å². The van der Waals surface area contributed by atoms with Gasteiger partial charge >= 0.3 is 0 Å². The Kier molecular flexibility index (Phi) is 3.73. The summed E-state index contributed by atoms with van der Waals surface area (Å²) >= 11 is 0. The minimum Gasteiger partial charge on any atom is -0.508 e. The molecule has 0 spiro atoms. The molecule has 0 unspecified atom stereocenters. The smallest absolute Gasteiger partial charge is 0.120 e. The van der Waals surface area contributed by atoms with Crippen LogP contribution < -0.4 is 11.1 Å². The lowest BCUT2D eigenvalue weighted by Crippen LogP contribution is -2.10. The van der Waals surface area contributed by atoms with Crippen LogP contribution in [0.25, 0.3) is 0 Å². The summed E-state index contributed by atoms with van der Waals surface area (Å²) in [5.41, 5.74) is 7.49. The van der Waals surface area contributed by atoms with Crippen molar-refractivity contribution in [3.05, 3.63) is 29.3 Å². The number of phenols is 1. The van der Waals surface area contributed by atoms with Crippen LogP contribution in [0, 0.1) is 0 Å². The predicted octanol–water partition coefficient (Wildman–Crippen LogP) is 0.613. The second-order valence-electron chi connectivity index (χ2n) is 3.02. The van der Waals surface area contributed by atoms with E-state index >= 15 is 0 Å². The fourth-order valence-corrected chi connectivity index (χ4v) is 1.23. The summed E-state index contributed by atoms with van der Waals surface area (Å²) in [6.07, 6.45) is 0.962. The van der Waals surface area contributed by atoms with E-state index in [0.29, 0.717) is 6.54 Å². The summed E-state index contributed by atoms with van der Waals surface area (Å²) in [7, 11) is 1.92. The molecule has 3 heteroatoms. The van der Waals surface area contributed by atoms with Gasteiger partial charge in [-0.1, -0.05) is 12.1 Å². The van der Waals surface area contributed by atoms with Gasteiger partial charge in [0.05, 0.1) is 0 Å². The van der Waals surface area contributed by atoms with Gasteiger partial charge in [-0.3, -0.25) is 0 Å². The minimum absolute atomic E-state index is 0.288. The third-order valence-corrected chi connectivity index (χ3v) is 2.03. The van der Waals surface area contributed by atoms with Gasteiger partial charge < -0.3 is 16.2 Å². The van der Waals surface area contributed by atoms with Crippen LogP contribution in [0.15, 0.2) is 18.2 Å². The molecule has 4 N–H and O–H groups in total. The van der Waals surface area contributed by atoms with Gasteiger partial charge in [-0.2, -0.15) is 0 Å². The highest BCUT2D eigenvalue weighted by Crippen LogP contribution is 2.17. The van der Waals surface area contributed by atoms with E-state index in [2.05, 4.69) is 5.32 Å². The summed E-state index contributed by atoms with van der Waals surface area (Å²) in [5.74, 6) is 0.288. The zero-order valence-corrected chi connectivity index (χ0v) is 7.88. The first-order valence-corrected chi connectivity index (χ1v) is 4.43. The number of benzene rings is 1. The fourth-order valence-electron chi connectivity index (χ4n) is 1.23. The van der Waals surface area contributed by atoms with E-state index in [1.54, 1.807) is 6.07 Å². The van der Waals surface area contributed by atoms with Crippen molar-refractivity contribution in [2.24, 2.45) is 5.73 Å². The molecule has 0 atom stereocenters. The Morgan fingerprint density at radius 3 is 2.85 bits per heavy atom. The van der Waals surface area contributed by atoms with Crippen molar-refractivity contribution in [1.82, 2.24) is 5.32 Å². The highest BCUT2D eigenvalue weighted by molar-refractivity contribution is 5.36. The van der Waals surface area contributed by atoms with E-state index in [-0.39, 0.29) is 5.75 Å². The molecule has 0 fully saturated rings. The Labute approximate surface area is 78.6 Å². The molecule has 1 rings (SSSR count). The molecule has 0 aliphatic rings. The van der Waals surface area contributed by atoms with Gasteiger partial charge in [-0.15, -0.1) is 0 Å². The molecule has 0 radical (unpaired) electrons. The van der Waals surface area contributed by atoms with Crippen LogP contribution >= 0.6 is 0 Å². The summed E-state index contributed by atoms with van der Waals surface area (Å²) in [6, 6.07) is 5.58. The molecule has 13 heavy (non-hydrogen) atoms. The minimum atomic E-state index is 0.288. The van der Waals surface area contributed by atoms with Crippen molar-refractivity contribution in [1.29, 1.82) is 0 Å². The molecule has 72 valence electrons. The molecule has 3 nitrogen and oxygen atoms in total. The normalized spacial score (nSPS) is 10.3. The van der Waals surface area contributed by atoms with Gasteiger partial charge in [0.1, 0.15) is 5.75 Å². The van der Waals surface area contributed by atoms with E-state index < -0.39 is 0 Å². The van der Waals surface area contributed by atoms with Crippen LogP contribution in [0.3, 0.4) is 0 Å². The first-order chi connectivity index (χ1) is 6.27. The Morgan fingerprint density at radius 1 is 1.46 bits per heavy atom. The number of rotatable bonds is 4. The summed E-state index contributed by atoms with van der Waals surface area (Å²) in [5, 5.41) is 12.4. The van der Waals surface area contributed by atoms with Crippen LogP contribution in [0.4, 0.5) is 0 Å². The summed E-state index contributed by atoms with van der Waals surface area (Å²) in [6.45, 7) is 1.33. The number of nitrogens with two attached hydrogens (primary N) is 1. The fraction of sp³-hybridized carbons (Fsp3) is 0.400. The lowest BCUT2D eigenvalue weighted by Gasteiger charge is -2.05. The number of phenolic OH excluding ortho intramolecular Hbond substituents is 1. The van der Waals surface area contributed by atoms with Crippen LogP contribution in [-0.4, -0.2) is 18.7 Å². The summed E-state index contributed by atoms with van der Waals surface area (Å²) in [4.78, 5) is 0. The van der Waals surface area contributed by atoms with E-state index in [4.69, 9.17) is 5.73 Å². The van der Waals surface area contributed by atoms with Gasteiger partial charge in [0.2, 0.25) is 0 Å². The molecule has 0 aromatic heterocycles. The number of likely N-dealkylation sites (N-methyl/N-ethyl adjacent to an activating group) is 1. The molecule has 0 heterocycles. The molecule has 0 saturated heterocycles. The number of hydrogen-bond donors (Lipinski definition) is 3. The Balaban J connectivity index is 2.74. The lowest BCUT2D eigenvalue weighted by molar-refractivity contribution is 0.468. The third kappa shape index (κ3) is 2.72. The van der Waals surface area contributed by atoms with Crippen LogP contribution in [0.1, 0.15) is 11.1 Å². The molecule has 0 bridgehead atoms. The quantitative estimate of drug-likeness (QED) is 0.636. The Morgan fingerprint density at radius 2 is 2.23 bits per heavy atom. The number of aromatic hydroxyl groups is 1. The first kappa shape index (κ1) is 10.0. The van der Waals surface area contributed by atoms with Crippen LogP contribution in [-0.2, 0) is 13.0 Å². The highest BCUT2D eigenvalue weighted by Gasteiger charge is 2.00. The average Bonchev–Trinajstić information content (AvgIpc) is 2.16. The topological polar surface area (TPSA) is 58.3 Å². The second-order valence-corrected chi connectivity index (χ2v) is 3.02. The van der Waals surface area contributed by atoms with Crippen molar-refractivity contribution in [3.8, 4) is 5.75 Å². The highest BCUT2D eigenvalue weighted by atomic mass is 16.3. The van der Waals surface area contributed by atoms with Crippen molar-refractivity contribution >= 4 is 0 Å². The van der Waals surface area contributed by atoms with E-state index in [1.165, 1.54) is 5.56 Å². The maximum atomic E-state index is 9.36. The largest absolute Gasteiger partial charge is 0.508 e. The Bertz CT molecular complexity index is 274. The average molecular weight is 180 g/mol. The molecule has 0 aliphatic heterocycles. The maximum Gasteiger partial charge on any atom is 0.120 e. The van der Waals surface area contributed by atoms with Crippen molar-refractivity contribution in [2.45, 2.75) is 13.0 Å². The summed E-state index contributed by atoms with van der Waals surface area (Å²) < 4.78 is 0. The van der Waals surface area contributed by atoms with E-state index in [1.807, 2.05) is 19.2 Å². The monoisotopic (exact) mass is 180 g/mol. The molecule has 1 aromatic carbocycles. The molecule has 0 amide bonds. The van der Waals surface area contributed by atoms with E-state index in [0.717, 1.165) is 18.5 Å². The molecular weight excluding hydrogens is 164 g/mol. The molecule has 0 aliphatic carbocycles. The third-order valence-electron chi connectivity index (χ3n) is 2.03. The van der Waals surface area contributed by atoms with Crippen LogP contribution in [0.2, 0.25) is 0 Å². The van der Waals surface area contributed by atoms with Crippen LogP contribution in [0.5, 0.6) is 5.75 Å². The molecule has 0 saturated carbocycles. The SMILES string of the molecule is CNCCc1ccc(O)c(CN)c1. The zero-order valence-electron chi connectivity index (χ0n) is 7.88. The predicted molar refractivity (Wildman–Crippen MR) is 53.6 cm³/mol. The van der Waals surface area contributed by atoms with Gasteiger partial charge in [-0.05, 0) is 31.6 Å². The van der Waals surface area contributed by atoms with Gasteiger partial charge in [0, 0.05) is 12.1 Å². The maximum absolute atomic E-state index is 9.36. The van der Waals surface area contributed by atoms with Crippen molar-refractivity contribution < 1.29 is 5.11 Å². The molecule has 1 aromatic rings. The van der Waals surface area contributed by atoms with Crippen molar-refractivity contribution in [2.75, 3.05) is 13.6 Å².